The summed E-state index contributed by atoms with van der Waals surface area (Å²) in [5, 5.41) is 11.5. The summed E-state index contributed by atoms with van der Waals surface area (Å²) >= 11 is 1.42. The number of aliphatic imine (C=N–C) groups is 1. The van der Waals surface area contributed by atoms with Crippen molar-refractivity contribution in [1.82, 2.24) is 15.0 Å². The third-order valence-corrected chi connectivity index (χ3v) is 6.15. The molecule has 0 aliphatic heterocycles. The molecule has 7 nitrogen and oxygen atoms in total. The van der Waals surface area contributed by atoms with Crippen LogP contribution in [0.25, 0.3) is 21.6 Å². The minimum absolute atomic E-state index is 0.294. The molecule has 8 heteroatoms. The monoisotopic (exact) mass is 383 g/mol. The molecule has 1 aliphatic carbocycles. The zero-order chi connectivity index (χ0) is 19.2. The molecule has 1 fully saturated rings. The number of hydrogen-bond donors (Lipinski definition) is 2. The molecule has 0 aromatic carbocycles. The molecule has 0 atom stereocenters. The van der Waals surface area contributed by atoms with Gasteiger partial charge in [-0.05, 0) is 25.1 Å². The molecule has 3 N–H and O–H groups in total. The van der Waals surface area contributed by atoms with Gasteiger partial charge in [0.05, 0.1) is 11.3 Å². The van der Waals surface area contributed by atoms with E-state index < -0.39 is 5.60 Å². The summed E-state index contributed by atoms with van der Waals surface area (Å²) in [6, 6.07) is 5.73. The number of nitrogens with zero attached hydrogens (tertiary/aromatic N) is 4. The number of methoxy groups -OCH3 is 1. The molecule has 0 radical (unpaired) electrons. The van der Waals surface area contributed by atoms with Crippen molar-refractivity contribution in [2.24, 2.45) is 4.99 Å². The molecular weight excluding hydrogens is 362 g/mol. The minimum Gasteiger partial charge on any atom is -0.383 e. The number of thiazole rings is 1. The predicted molar refractivity (Wildman–Crippen MR) is 107 cm³/mol. The van der Waals surface area contributed by atoms with E-state index in [9.17, 15) is 5.11 Å². The highest BCUT2D eigenvalue weighted by Gasteiger charge is 2.54. The van der Waals surface area contributed by atoms with Crippen LogP contribution in [0.2, 0.25) is 0 Å². The van der Waals surface area contributed by atoms with Gasteiger partial charge in [0.15, 0.2) is 0 Å². The standard InChI is InChI=1S/C19H21N5O2S/c1-18(26-3)9-19(25,10-18)17-24-14-5-4-13(23-16(14)27-17)11-6-12(7-21-2)15(20)22-8-11/h4-8,25H,9-10H2,1-3H3,(H2,20,22). The van der Waals surface area contributed by atoms with Crippen LogP contribution in [0, 0.1) is 0 Å². The Bertz CT molecular complexity index is 1040. The lowest BCUT2D eigenvalue weighted by Crippen LogP contribution is -2.53. The quantitative estimate of drug-likeness (QED) is 0.671. The average Bonchev–Trinajstić information content (AvgIpc) is 3.06. The van der Waals surface area contributed by atoms with Gasteiger partial charge < -0.3 is 15.6 Å². The second-order valence-corrected chi connectivity index (χ2v) is 8.14. The van der Waals surface area contributed by atoms with Crippen molar-refractivity contribution in [2.75, 3.05) is 19.9 Å². The summed E-state index contributed by atoms with van der Waals surface area (Å²) < 4.78 is 5.46. The molecule has 0 bridgehead atoms. The average molecular weight is 383 g/mol. The van der Waals surface area contributed by atoms with Crippen molar-refractivity contribution in [2.45, 2.75) is 31.0 Å². The van der Waals surface area contributed by atoms with Crippen molar-refractivity contribution >= 4 is 33.7 Å². The highest BCUT2D eigenvalue weighted by atomic mass is 32.1. The first kappa shape index (κ1) is 18.0. The second-order valence-electron chi connectivity index (χ2n) is 7.16. The van der Waals surface area contributed by atoms with Crippen molar-refractivity contribution < 1.29 is 9.84 Å². The van der Waals surface area contributed by atoms with Crippen LogP contribution in [0.5, 0.6) is 0 Å². The fourth-order valence-corrected chi connectivity index (χ4v) is 4.56. The largest absolute Gasteiger partial charge is 0.383 e. The van der Waals surface area contributed by atoms with Gasteiger partial charge in [0, 0.05) is 50.5 Å². The van der Waals surface area contributed by atoms with E-state index in [1.807, 2.05) is 25.1 Å². The number of ether oxygens (including phenoxy) is 1. The van der Waals surface area contributed by atoms with Crippen LogP contribution in [0.1, 0.15) is 30.3 Å². The number of nitrogens with two attached hydrogens (primary N) is 1. The van der Waals surface area contributed by atoms with Gasteiger partial charge in [0.2, 0.25) is 0 Å². The van der Waals surface area contributed by atoms with Gasteiger partial charge >= 0.3 is 0 Å². The molecule has 27 heavy (non-hydrogen) atoms. The fourth-order valence-electron chi connectivity index (χ4n) is 3.53. The van der Waals surface area contributed by atoms with E-state index in [0.29, 0.717) is 23.7 Å². The van der Waals surface area contributed by atoms with E-state index in [1.165, 1.54) is 11.3 Å². The van der Waals surface area contributed by atoms with Crippen LogP contribution in [0.4, 0.5) is 5.82 Å². The maximum atomic E-state index is 10.9. The molecule has 0 spiro atoms. The number of nitrogen functional groups attached to an aromatic ring is 1. The lowest BCUT2D eigenvalue weighted by molar-refractivity contribution is -0.191. The molecule has 3 aromatic heterocycles. The molecule has 3 heterocycles. The number of aromatic nitrogens is 3. The summed E-state index contributed by atoms with van der Waals surface area (Å²) in [6.45, 7) is 2.00. The molecule has 4 rings (SSSR count). The van der Waals surface area contributed by atoms with Crippen LogP contribution in [0.15, 0.2) is 29.4 Å². The van der Waals surface area contributed by atoms with E-state index in [0.717, 1.165) is 27.2 Å². The van der Waals surface area contributed by atoms with Crippen molar-refractivity contribution in [3.05, 3.63) is 35.0 Å². The van der Waals surface area contributed by atoms with Crippen LogP contribution in [-0.2, 0) is 10.3 Å². The van der Waals surface area contributed by atoms with Gasteiger partial charge in [-0.3, -0.25) is 4.99 Å². The number of rotatable bonds is 4. The highest BCUT2D eigenvalue weighted by molar-refractivity contribution is 7.18. The molecule has 0 unspecified atom stereocenters. The molecule has 1 saturated carbocycles. The van der Waals surface area contributed by atoms with Gasteiger partial charge in [0.25, 0.3) is 0 Å². The van der Waals surface area contributed by atoms with Crippen molar-refractivity contribution in [3.63, 3.8) is 0 Å². The number of pyridine rings is 2. The molecular formula is C19H21N5O2S. The lowest BCUT2D eigenvalue weighted by atomic mass is 9.68. The van der Waals surface area contributed by atoms with Crippen molar-refractivity contribution in [1.29, 1.82) is 0 Å². The minimum atomic E-state index is -0.941. The van der Waals surface area contributed by atoms with Crippen LogP contribution in [-0.4, -0.2) is 46.0 Å². The SMILES string of the molecule is CN=Cc1cc(-c2ccc3nc(C4(O)CC(C)(OC)C4)sc3n2)cnc1N. The zero-order valence-electron chi connectivity index (χ0n) is 15.4. The van der Waals surface area contributed by atoms with Gasteiger partial charge in [-0.1, -0.05) is 11.3 Å². The summed E-state index contributed by atoms with van der Waals surface area (Å²) in [5.74, 6) is 0.430. The summed E-state index contributed by atoms with van der Waals surface area (Å²) in [5.41, 5.74) is 7.80. The molecule has 0 saturated heterocycles. The molecule has 140 valence electrons. The Hall–Kier alpha value is -2.42. The molecule has 3 aromatic rings. The topological polar surface area (TPSA) is 107 Å². The zero-order valence-corrected chi connectivity index (χ0v) is 16.2. The third-order valence-electron chi connectivity index (χ3n) is 4.99. The van der Waals surface area contributed by atoms with Gasteiger partial charge in [-0.15, -0.1) is 0 Å². The van der Waals surface area contributed by atoms with E-state index in [1.54, 1.807) is 26.6 Å². The first-order valence-electron chi connectivity index (χ1n) is 8.59. The Balaban J connectivity index is 1.69. The number of anilines is 1. The third kappa shape index (κ3) is 3.09. The van der Waals surface area contributed by atoms with Gasteiger partial charge in [-0.2, -0.15) is 0 Å². The van der Waals surface area contributed by atoms with Crippen LogP contribution >= 0.6 is 11.3 Å². The second kappa shape index (κ2) is 6.33. The van der Waals surface area contributed by atoms with Crippen LogP contribution in [0.3, 0.4) is 0 Å². The predicted octanol–water partition coefficient (Wildman–Crippen LogP) is 2.77. The van der Waals surface area contributed by atoms with E-state index in [4.69, 9.17) is 15.5 Å². The van der Waals surface area contributed by atoms with E-state index in [-0.39, 0.29) is 5.60 Å². The number of fused-ring (bicyclic) bond motifs is 1. The summed E-state index contributed by atoms with van der Waals surface area (Å²) in [7, 11) is 3.36. The van der Waals surface area contributed by atoms with Gasteiger partial charge in [-0.25, -0.2) is 15.0 Å². The maximum Gasteiger partial charge on any atom is 0.144 e. The van der Waals surface area contributed by atoms with Gasteiger partial charge in [0.1, 0.15) is 26.8 Å². The first-order valence-corrected chi connectivity index (χ1v) is 9.41. The smallest absolute Gasteiger partial charge is 0.144 e. The molecule has 1 aliphatic rings. The summed E-state index contributed by atoms with van der Waals surface area (Å²) in [4.78, 5) is 18.3. The van der Waals surface area contributed by atoms with Crippen molar-refractivity contribution in [3.8, 4) is 11.3 Å². The Morgan fingerprint density at radius 2 is 2.11 bits per heavy atom. The number of aliphatic hydroxyl groups is 1. The normalized spacial score (nSPS) is 25.2. The maximum absolute atomic E-state index is 10.9. The Kier molecular flexibility index (Phi) is 4.21. The van der Waals surface area contributed by atoms with E-state index >= 15 is 0 Å². The Morgan fingerprint density at radius 1 is 1.33 bits per heavy atom. The molecule has 0 amide bonds. The number of hydrogen-bond acceptors (Lipinski definition) is 8. The Labute approximate surface area is 161 Å². The summed E-state index contributed by atoms with van der Waals surface area (Å²) in [6.07, 6.45) is 4.44. The first-order chi connectivity index (χ1) is 12.9. The highest BCUT2D eigenvalue weighted by Crippen LogP contribution is 2.51. The van der Waals surface area contributed by atoms with Crippen LogP contribution < -0.4 is 5.73 Å². The lowest BCUT2D eigenvalue weighted by Gasteiger charge is -2.49. The van der Waals surface area contributed by atoms with E-state index in [2.05, 4.69) is 15.0 Å². The Morgan fingerprint density at radius 3 is 2.81 bits per heavy atom. The fraction of sp³-hybridized carbons (Fsp3) is 0.368.